The largest absolute Gasteiger partial charge is 0.488 e. The van der Waals surface area contributed by atoms with E-state index in [2.05, 4.69) is 10.6 Å². The summed E-state index contributed by atoms with van der Waals surface area (Å²) in [7, 11) is -2.25. The van der Waals surface area contributed by atoms with Crippen molar-refractivity contribution in [2.75, 3.05) is 32.1 Å². The Morgan fingerprint density at radius 2 is 1.85 bits per heavy atom. The van der Waals surface area contributed by atoms with Gasteiger partial charge in [0, 0.05) is 31.2 Å². The smallest absolute Gasteiger partial charge is 0.319 e. The molecular formula is C29H40N4O6S. The van der Waals surface area contributed by atoms with Gasteiger partial charge in [-0.05, 0) is 50.1 Å². The third-order valence-corrected chi connectivity index (χ3v) is 9.59. The number of benzene rings is 2. The SMILES string of the molecule is C[C@H]1CN([C@@H](C)CO)C(=O)c2cc(NC(=O)NC3CCCCC3)ccc2O[C@H]1CN(C)S(=O)(=O)c1ccccc1. The van der Waals surface area contributed by atoms with Crippen molar-refractivity contribution in [3.8, 4) is 5.75 Å². The van der Waals surface area contributed by atoms with Crippen molar-refractivity contribution < 1.29 is 27.9 Å². The topological polar surface area (TPSA) is 128 Å². The molecule has 0 aromatic heterocycles. The van der Waals surface area contributed by atoms with Crippen LogP contribution < -0.4 is 15.4 Å². The summed E-state index contributed by atoms with van der Waals surface area (Å²) >= 11 is 0. The number of amides is 3. The molecule has 11 heteroatoms. The van der Waals surface area contributed by atoms with Crippen LogP contribution in [0.15, 0.2) is 53.4 Å². The van der Waals surface area contributed by atoms with E-state index in [1.165, 1.54) is 17.8 Å². The molecule has 1 fully saturated rings. The number of aliphatic hydroxyl groups excluding tert-OH is 1. The number of anilines is 1. The molecule has 0 radical (unpaired) electrons. The van der Waals surface area contributed by atoms with Crippen LogP contribution >= 0.6 is 0 Å². The van der Waals surface area contributed by atoms with Gasteiger partial charge in [-0.25, -0.2) is 13.2 Å². The number of ether oxygens (including phenoxy) is 1. The van der Waals surface area contributed by atoms with Crippen molar-refractivity contribution in [1.29, 1.82) is 0 Å². The van der Waals surface area contributed by atoms with Gasteiger partial charge in [-0.15, -0.1) is 0 Å². The number of likely N-dealkylation sites (N-methyl/N-ethyl adjacent to an activating group) is 1. The van der Waals surface area contributed by atoms with Gasteiger partial charge < -0.3 is 25.4 Å². The van der Waals surface area contributed by atoms with E-state index >= 15 is 0 Å². The monoisotopic (exact) mass is 572 g/mol. The summed E-state index contributed by atoms with van der Waals surface area (Å²) in [5, 5.41) is 15.7. The first-order valence-electron chi connectivity index (χ1n) is 13.9. The Morgan fingerprint density at radius 3 is 2.52 bits per heavy atom. The number of sulfonamides is 1. The maximum atomic E-state index is 13.7. The minimum absolute atomic E-state index is 0.0527. The Bertz CT molecular complexity index is 1280. The minimum Gasteiger partial charge on any atom is -0.488 e. The number of nitrogens with one attached hydrogen (secondary N) is 2. The quantitative estimate of drug-likeness (QED) is 0.443. The van der Waals surface area contributed by atoms with Crippen molar-refractivity contribution >= 4 is 27.6 Å². The molecule has 1 aliphatic heterocycles. The Hall–Kier alpha value is -3.15. The van der Waals surface area contributed by atoms with Gasteiger partial charge in [-0.3, -0.25) is 4.79 Å². The van der Waals surface area contributed by atoms with Crippen LogP contribution in [0.1, 0.15) is 56.3 Å². The maximum Gasteiger partial charge on any atom is 0.319 e. The fraction of sp³-hybridized carbons (Fsp3) is 0.517. The highest BCUT2D eigenvalue weighted by atomic mass is 32.2. The van der Waals surface area contributed by atoms with Gasteiger partial charge in [0.2, 0.25) is 10.0 Å². The highest BCUT2D eigenvalue weighted by Crippen LogP contribution is 2.31. The van der Waals surface area contributed by atoms with Crippen LogP contribution in [0.3, 0.4) is 0 Å². The van der Waals surface area contributed by atoms with Gasteiger partial charge in [0.15, 0.2) is 0 Å². The van der Waals surface area contributed by atoms with Crippen LogP contribution in [0.5, 0.6) is 5.75 Å². The molecular weight excluding hydrogens is 532 g/mol. The van der Waals surface area contributed by atoms with E-state index in [4.69, 9.17) is 4.74 Å². The summed E-state index contributed by atoms with van der Waals surface area (Å²) in [6.45, 7) is 3.73. The molecule has 40 heavy (non-hydrogen) atoms. The fourth-order valence-corrected chi connectivity index (χ4v) is 6.45. The number of fused-ring (bicyclic) bond motifs is 1. The second kappa shape index (κ2) is 13.0. The van der Waals surface area contributed by atoms with E-state index in [-0.39, 0.29) is 54.1 Å². The zero-order valence-electron chi connectivity index (χ0n) is 23.4. The lowest BCUT2D eigenvalue weighted by Gasteiger charge is -2.38. The Kier molecular flexibility index (Phi) is 9.70. The van der Waals surface area contributed by atoms with E-state index in [0.717, 1.165) is 25.7 Å². The molecule has 3 amide bonds. The van der Waals surface area contributed by atoms with Gasteiger partial charge >= 0.3 is 6.03 Å². The first-order chi connectivity index (χ1) is 19.1. The number of carbonyl (C=O) groups is 2. The number of carbonyl (C=O) groups excluding carboxylic acids is 2. The predicted octanol–water partition coefficient (Wildman–Crippen LogP) is 3.68. The molecule has 1 heterocycles. The maximum absolute atomic E-state index is 13.7. The standard InChI is InChI=1S/C29H40N4O6S/c1-20-17-33(21(2)19-34)28(35)25-16-23(31-29(36)30-22-10-6-4-7-11-22)14-15-26(25)39-27(20)18-32(3)40(37,38)24-12-8-5-9-13-24/h5,8-9,12-16,20-22,27,34H,4,6-7,10-11,17-19H2,1-3H3,(H2,30,31,36)/t20-,21-,27-/m0/s1. The molecule has 218 valence electrons. The summed E-state index contributed by atoms with van der Waals surface area (Å²) in [6.07, 6.45) is 4.68. The van der Waals surface area contributed by atoms with E-state index in [1.54, 1.807) is 60.4 Å². The van der Waals surface area contributed by atoms with Crippen LogP contribution in [0.4, 0.5) is 10.5 Å². The van der Waals surface area contributed by atoms with Crippen LogP contribution in [0.25, 0.3) is 0 Å². The van der Waals surface area contributed by atoms with Gasteiger partial charge in [-0.2, -0.15) is 4.31 Å². The molecule has 3 atom stereocenters. The van der Waals surface area contributed by atoms with Crippen LogP contribution in [-0.2, 0) is 10.0 Å². The lowest BCUT2D eigenvalue weighted by Crippen LogP contribution is -2.50. The third-order valence-electron chi connectivity index (χ3n) is 7.75. The minimum atomic E-state index is -3.76. The van der Waals surface area contributed by atoms with Crippen molar-refractivity contribution in [2.24, 2.45) is 5.92 Å². The second-order valence-electron chi connectivity index (χ2n) is 10.9. The number of urea groups is 1. The summed E-state index contributed by atoms with van der Waals surface area (Å²) in [4.78, 5) is 28.1. The van der Waals surface area contributed by atoms with Gasteiger partial charge in [0.25, 0.3) is 5.91 Å². The average molecular weight is 573 g/mol. The van der Waals surface area contributed by atoms with Crippen molar-refractivity contribution in [1.82, 2.24) is 14.5 Å². The zero-order chi connectivity index (χ0) is 28.9. The first-order valence-corrected chi connectivity index (χ1v) is 15.4. The lowest BCUT2D eigenvalue weighted by molar-refractivity contribution is 0.0387. The number of nitrogens with zero attached hydrogens (tertiary/aromatic N) is 2. The number of hydrogen-bond donors (Lipinski definition) is 3. The molecule has 4 rings (SSSR count). The van der Waals surface area contributed by atoms with Gasteiger partial charge in [0.05, 0.1) is 29.7 Å². The van der Waals surface area contributed by atoms with E-state index in [1.807, 2.05) is 6.92 Å². The number of hydrogen-bond acceptors (Lipinski definition) is 6. The highest BCUT2D eigenvalue weighted by molar-refractivity contribution is 7.89. The van der Waals surface area contributed by atoms with Crippen molar-refractivity contribution in [2.45, 2.75) is 69.0 Å². The molecule has 2 aromatic rings. The summed E-state index contributed by atoms with van der Waals surface area (Å²) in [6, 6.07) is 12.4. The molecule has 2 aromatic carbocycles. The molecule has 3 N–H and O–H groups in total. The molecule has 1 saturated carbocycles. The molecule has 0 spiro atoms. The summed E-state index contributed by atoms with van der Waals surface area (Å²) in [5.41, 5.74) is 0.677. The molecule has 2 aliphatic rings. The Morgan fingerprint density at radius 1 is 1.15 bits per heavy atom. The van der Waals surface area contributed by atoms with Gasteiger partial charge in [0.1, 0.15) is 11.9 Å². The first kappa shape index (κ1) is 29.8. The lowest BCUT2D eigenvalue weighted by atomic mass is 9.96. The summed E-state index contributed by atoms with van der Waals surface area (Å²) in [5.74, 6) is -0.289. The van der Waals surface area contributed by atoms with Crippen molar-refractivity contribution in [3.63, 3.8) is 0 Å². The fourth-order valence-electron chi connectivity index (χ4n) is 5.24. The molecule has 1 aliphatic carbocycles. The normalized spacial score (nSPS) is 21.1. The summed E-state index contributed by atoms with van der Waals surface area (Å²) < 4.78 is 34.0. The van der Waals surface area contributed by atoms with E-state index in [9.17, 15) is 23.1 Å². The second-order valence-corrected chi connectivity index (χ2v) is 12.9. The van der Waals surface area contributed by atoms with E-state index in [0.29, 0.717) is 11.4 Å². The molecule has 0 bridgehead atoms. The van der Waals surface area contributed by atoms with E-state index < -0.39 is 22.2 Å². The molecule has 0 unspecified atom stereocenters. The molecule has 0 saturated heterocycles. The number of aliphatic hydroxyl groups is 1. The Labute approximate surface area is 236 Å². The third kappa shape index (κ3) is 6.94. The Balaban J connectivity index is 1.59. The van der Waals surface area contributed by atoms with Crippen LogP contribution in [0, 0.1) is 5.92 Å². The van der Waals surface area contributed by atoms with Crippen LogP contribution in [0.2, 0.25) is 0 Å². The predicted molar refractivity (Wildman–Crippen MR) is 153 cm³/mol. The molecule has 10 nitrogen and oxygen atoms in total. The van der Waals surface area contributed by atoms with Crippen LogP contribution in [-0.4, -0.2) is 79.6 Å². The van der Waals surface area contributed by atoms with Crippen molar-refractivity contribution in [3.05, 3.63) is 54.1 Å². The van der Waals surface area contributed by atoms with Gasteiger partial charge in [-0.1, -0.05) is 44.4 Å². The number of rotatable bonds is 8. The average Bonchev–Trinajstić information content (AvgIpc) is 2.95. The highest BCUT2D eigenvalue weighted by Gasteiger charge is 2.35. The zero-order valence-corrected chi connectivity index (χ0v) is 24.2.